The third-order valence-corrected chi connectivity index (χ3v) is 6.71. The molecule has 0 spiro atoms. The Bertz CT molecular complexity index is 1300. The van der Waals surface area contributed by atoms with E-state index in [0.717, 1.165) is 38.3 Å². The van der Waals surface area contributed by atoms with Crippen LogP contribution in [-0.4, -0.2) is 61.4 Å². The van der Waals surface area contributed by atoms with Gasteiger partial charge in [-0.2, -0.15) is 0 Å². The Hall–Kier alpha value is -2.64. The van der Waals surface area contributed by atoms with Crippen molar-refractivity contribution >= 4 is 50.5 Å². The Balaban J connectivity index is 1.79. The van der Waals surface area contributed by atoms with E-state index < -0.39 is 23.3 Å². The number of β-amino-alcohol motifs (C(OH)–C–C–N with tert-alkyl or cyclic N) is 1. The van der Waals surface area contributed by atoms with Gasteiger partial charge in [-0.25, -0.2) is 14.8 Å². The monoisotopic (exact) mass is 524 g/mol. The molecule has 0 amide bonds. The molecular formula is C19H21BrN6O5S. The minimum Gasteiger partial charge on any atom is -0.465 e. The lowest BCUT2D eigenvalue weighted by atomic mass is 10.1. The van der Waals surface area contributed by atoms with Crippen LogP contribution in [0.4, 0.5) is 5.82 Å². The third-order valence-electron chi connectivity index (χ3n) is 4.92. The van der Waals surface area contributed by atoms with E-state index >= 15 is 0 Å². The standard InChI is InChI=1S/C19H21BrN6O5S/c1-3-10-15(20)14-16(21-10)23-18(24-17(14)25-6-9(27)7-25)32-12-5-11(28)22-19(30)26(12)8-13(29)31-4-2/h5,9,27H,3-4,6-8H2,1-2H3,(H,21,23,24)(H,22,28,30). The van der Waals surface area contributed by atoms with Gasteiger partial charge in [-0.3, -0.25) is 19.1 Å². The number of carbonyl (C=O) groups is 1. The van der Waals surface area contributed by atoms with E-state index in [4.69, 9.17) is 4.74 Å². The van der Waals surface area contributed by atoms with Gasteiger partial charge in [-0.05, 0) is 41.0 Å². The summed E-state index contributed by atoms with van der Waals surface area (Å²) in [6.45, 7) is 4.37. The average molecular weight is 525 g/mol. The number of esters is 1. The van der Waals surface area contributed by atoms with Crippen LogP contribution in [0.3, 0.4) is 0 Å². The summed E-state index contributed by atoms with van der Waals surface area (Å²) >= 11 is 4.61. The molecule has 13 heteroatoms. The fourth-order valence-electron chi connectivity index (χ4n) is 3.38. The minimum absolute atomic E-state index is 0.172. The number of aryl methyl sites for hydroxylation is 1. The number of H-pyrrole nitrogens is 2. The van der Waals surface area contributed by atoms with Crippen LogP contribution in [0, 0.1) is 0 Å². The van der Waals surface area contributed by atoms with Crippen LogP contribution < -0.4 is 16.1 Å². The van der Waals surface area contributed by atoms with Crippen LogP contribution in [0.15, 0.2) is 30.3 Å². The molecule has 1 fully saturated rings. The highest BCUT2D eigenvalue weighted by Crippen LogP contribution is 2.37. The number of hydrogen-bond donors (Lipinski definition) is 3. The summed E-state index contributed by atoms with van der Waals surface area (Å²) in [4.78, 5) is 52.8. The Morgan fingerprint density at radius 1 is 1.31 bits per heavy atom. The number of halogens is 1. The van der Waals surface area contributed by atoms with Crippen molar-refractivity contribution in [3.8, 4) is 0 Å². The molecule has 0 unspecified atom stereocenters. The Morgan fingerprint density at radius 3 is 2.72 bits per heavy atom. The van der Waals surface area contributed by atoms with Gasteiger partial charge in [0.15, 0.2) is 5.16 Å². The lowest BCUT2D eigenvalue weighted by Gasteiger charge is -2.37. The molecule has 3 N–H and O–H groups in total. The Kier molecular flexibility index (Phi) is 6.40. The van der Waals surface area contributed by atoms with Crippen molar-refractivity contribution in [2.24, 2.45) is 0 Å². The van der Waals surface area contributed by atoms with E-state index in [-0.39, 0.29) is 23.3 Å². The van der Waals surface area contributed by atoms with Crippen molar-refractivity contribution in [3.05, 3.63) is 37.1 Å². The summed E-state index contributed by atoms with van der Waals surface area (Å²) < 4.78 is 6.91. The van der Waals surface area contributed by atoms with Gasteiger partial charge in [0.05, 0.1) is 27.6 Å². The first-order chi connectivity index (χ1) is 15.3. The predicted molar refractivity (Wildman–Crippen MR) is 121 cm³/mol. The second-order valence-electron chi connectivity index (χ2n) is 7.15. The van der Waals surface area contributed by atoms with Gasteiger partial charge in [0.2, 0.25) is 0 Å². The van der Waals surface area contributed by atoms with E-state index in [1.165, 1.54) is 6.07 Å². The predicted octanol–water partition coefficient (Wildman–Crippen LogP) is 1.03. The zero-order chi connectivity index (χ0) is 23.0. The molecular weight excluding hydrogens is 504 g/mol. The molecule has 1 aliphatic heterocycles. The second-order valence-corrected chi connectivity index (χ2v) is 8.93. The van der Waals surface area contributed by atoms with Crippen LogP contribution in [0.25, 0.3) is 11.0 Å². The molecule has 3 aromatic heterocycles. The SMILES string of the molecule is CCOC(=O)Cn1c(Sc2nc(N3CC(O)C3)c3c(Br)c(CC)[nH]c3n2)cc(=O)[nH]c1=O. The number of nitrogens with one attached hydrogen (secondary N) is 2. The first kappa shape index (κ1) is 22.6. The second kappa shape index (κ2) is 9.08. The summed E-state index contributed by atoms with van der Waals surface area (Å²) in [6, 6.07) is 1.22. The smallest absolute Gasteiger partial charge is 0.329 e. The molecule has 0 aromatic carbocycles. The number of nitrogens with zero attached hydrogens (tertiary/aromatic N) is 4. The number of aromatic nitrogens is 5. The normalized spacial score (nSPS) is 14.1. The van der Waals surface area contributed by atoms with Crippen molar-refractivity contribution in [1.29, 1.82) is 0 Å². The quantitative estimate of drug-likeness (QED) is 0.234. The number of aliphatic hydroxyl groups is 1. The Morgan fingerprint density at radius 2 is 2.06 bits per heavy atom. The lowest BCUT2D eigenvalue weighted by molar-refractivity contribution is -0.144. The maximum absolute atomic E-state index is 12.4. The van der Waals surface area contributed by atoms with Crippen LogP contribution in [0.1, 0.15) is 19.5 Å². The van der Waals surface area contributed by atoms with Crippen molar-refractivity contribution in [3.63, 3.8) is 0 Å². The first-order valence-electron chi connectivity index (χ1n) is 9.99. The van der Waals surface area contributed by atoms with Crippen molar-refractivity contribution in [2.75, 3.05) is 24.6 Å². The van der Waals surface area contributed by atoms with Gasteiger partial charge in [0.1, 0.15) is 18.0 Å². The number of aliphatic hydroxyl groups excluding tert-OH is 1. The number of carbonyl (C=O) groups excluding carboxylic acids is 1. The van der Waals surface area contributed by atoms with Crippen LogP contribution in [0.5, 0.6) is 0 Å². The van der Waals surface area contributed by atoms with Crippen LogP contribution >= 0.6 is 27.7 Å². The summed E-state index contributed by atoms with van der Waals surface area (Å²) in [5, 5.41) is 11.1. The zero-order valence-corrected chi connectivity index (χ0v) is 19.7. The van der Waals surface area contributed by atoms with Crippen molar-refractivity contribution in [1.82, 2.24) is 24.5 Å². The van der Waals surface area contributed by atoms with Gasteiger partial charge in [0, 0.05) is 24.8 Å². The Labute approximate surface area is 194 Å². The molecule has 1 aliphatic rings. The molecule has 1 saturated heterocycles. The number of rotatable bonds is 7. The zero-order valence-electron chi connectivity index (χ0n) is 17.3. The van der Waals surface area contributed by atoms with E-state index in [0.29, 0.717) is 24.6 Å². The highest BCUT2D eigenvalue weighted by atomic mass is 79.9. The summed E-state index contributed by atoms with van der Waals surface area (Å²) in [5.41, 5.74) is 0.220. The molecule has 0 radical (unpaired) electrons. The third kappa shape index (κ3) is 4.32. The van der Waals surface area contributed by atoms with E-state index in [2.05, 4.69) is 35.9 Å². The van der Waals surface area contributed by atoms with E-state index in [1.807, 2.05) is 11.8 Å². The van der Waals surface area contributed by atoms with Crippen molar-refractivity contribution in [2.45, 2.75) is 43.1 Å². The maximum atomic E-state index is 12.4. The van der Waals surface area contributed by atoms with Gasteiger partial charge < -0.3 is 19.7 Å². The number of aromatic amines is 2. The van der Waals surface area contributed by atoms with E-state index in [1.54, 1.807) is 6.92 Å². The van der Waals surface area contributed by atoms with Gasteiger partial charge in [-0.1, -0.05) is 6.92 Å². The molecule has 3 aromatic rings. The van der Waals surface area contributed by atoms with Crippen LogP contribution in [-0.2, 0) is 22.5 Å². The molecule has 11 nitrogen and oxygen atoms in total. The summed E-state index contributed by atoms with van der Waals surface area (Å²) in [7, 11) is 0. The van der Waals surface area contributed by atoms with Gasteiger partial charge in [0.25, 0.3) is 5.56 Å². The molecule has 0 atom stereocenters. The largest absolute Gasteiger partial charge is 0.465 e. The average Bonchev–Trinajstić information content (AvgIpc) is 3.03. The highest BCUT2D eigenvalue weighted by Gasteiger charge is 2.30. The number of ether oxygens (including phenoxy) is 1. The molecule has 170 valence electrons. The number of hydrogen-bond acceptors (Lipinski definition) is 9. The molecule has 4 heterocycles. The van der Waals surface area contributed by atoms with Gasteiger partial charge >= 0.3 is 11.7 Å². The fourth-order valence-corrected chi connectivity index (χ4v) is 5.00. The molecule has 32 heavy (non-hydrogen) atoms. The number of fused-ring (bicyclic) bond motifs is 1. The molecule has 0 aliphatic carbocycles. The minimum atomic E-state index is -0.726. The van der Waals surface area contributed by atoms with Crippen molar-refractivity contribution < 1.29 is 14.6 Å². The van der Waals surface area contributed by atoms with E-state index in [9.17, 15) is 19.5 Å². The first-order valence-corrected chi connectivity index (χ1v) is 11.6. The van der Waals surface area contributed by atoms with Crippen LogP contribution in [0.2, 0.25) is 0 Å². The van der Waals surface area contributed by atoms with Gasteiger partial charge in [-0.15, -0.1) is 0 Å². The maximum Gasteiger partial charge on any atom is 0.329 e. The summed E-state index contributed by atoms with van der Waals surface area (Å²) in [5.74, 6) is 0.0331. The fraction of sp³-hybridized carbons (Fsp3) is 0.421. The molecule has 0 saturated carbocycles. The molecule has 0 bridgehead atoms. The topological polar surface area (TPSA) is 146 Å². The highest BCUT2D eigenvalue weighted by molar-refractivity contribution is 9.10. The molecule has 4 rings (SSSR count). The summed E-state index contributed by atoms with van der Waals surface area (Å²) in [6.07, 6.45) is 0.316. The lowest BCUT2D eigenvalue weighted by Crippen LogP contribution is -2.51. The number of anilines is 1.